The quantitative estimate of drug-likeness (QED) is 0.619. The molecule has 1 aliphatic rings. The minimum atomic E-state index is -0.550. The van der Waals surface area contributed by atoms with Gasteiger partial charge < -0.3 is 14.8 Å². The van der Waals surface area contributed by atoms with Gasteiger partial charge in [-0.05, 0) is 56.0 Å². The molecular weight excluding hydrogens is 336 g/mol. The van der Waals surface area contributed by atoms with Crippen LogP contribution in [0.5, 0.6) is 11.5 Å². The van der Waals surface area contributed by atoms with Gasteiger partial charge in [0.25, 0.3) is 11.6 Å². The van der Waals surface area contributed by atoms with Crippen LogP contribution in [0.3, 0.4) is 0 Å². The summed E-state index contributed by atoms with van der Waals surface area (Å²) in [4.78, 5) is 22.9. The molecule has 0 radical (unpaired) electrons. The molecule has 3 rings (SSSR count). The van der Waals surface area contributed by atoms with Crippen molar-refractivity contribution in [3.63, 3.8) is 0 Å². The number of nitrogens with one attached hydrogen (secondary N) is 1. The van der Waals surface area contributed by atoms with Gasteiger partial charge in [-0.1, -0.05) is 0 Å². The zero-order chi connectivity index (χ0) is 18.5. The molecule has 0 bridgehead atoms. The number of nitrogens with zero attached hydrogens (tertiary/aromatic N) is 1. The maximum absolute atomic E-state index is 12.5. The van der Waals surface area contributed by atoms with Gasteiger partial charge in [0, 0.05) is 17.8 Å². The van der Waals surface area contributed by atoms with Crippen molar-refractivity contribution < 1.29 is 19.2 Å². The Kier molecular flexibility index (Phi) is 5.36. The molecule has 0 aromatic heterocycles. The highest BCUT2D eigenvalue weighted by Crippen LogP contribution is 2.27. The molecule has 26 heavy (non-hydrogen) atoms. The van der Waals surface area contributed by atoms with E-state index in [0.717, 1.165) is 18.6 Å². The number of non-ortho nitro benzene ring substituents is 1. The Balaban J connectivity index is 1.71. The lowest BCUT2D eigenvalue weighted by atomic mass is 10.1. The van der Waals surface area contributed by atoms with Gasteiger partial charge in [0.1, 0.15) is 11.5 Å². The first-order chi connectivity index (χ1) is 12.6. The molecule has 2 aromatic carbocycles. The molecule has 1 amide bonds. The van der Waals surface area contributed by atoms with E-state index in [1.807, 2.05) is 0 Å². The molecular formula is C19H20N2O5. The molecule has 0 spiro atoms. The van der Waals surface area contributed by atoms with Crippen LogP contribution < -0.4 is 14.8 Å². The van der Waals surface area contributed by atoms with E-state index in [1.54, 1.807) is 24.3 Å². The van der Waals surface area contributed by atoms with E-state index in [9.17, 15) is 14.9 Å². The van der Waals surface area contributed by atoms with E-state index >= 15 is 0 Å². The van der Waals surface area contributed by atoms with Crippen LogP contribution in [0.2, 0.25) is 0 Å². The molecule has 7 nitrogen and oxygen atoms in total. The molecule has 1 saturated carbocycles. The van der Waals surface area contributed by atoms with E-state index < -0.39 is 10.8 Å². The number of hydrogen-bond acceptors (Lipinski definition) is 5. The summed E-state index contributed by atoms with van der Waals surface area (Å²) in [6.45, 7) is 0. The Hall–Kier alpha value is -3.09. The third kappa shape index (κ3) is 4.11. The fourth-order valence-corrected chi connectivity index (χ4v) is 3.00. The number of anilines is 1. The van der Waals surface area contributed by atoms with Crippen LogP contribution in [0.1, 0.15) is 36.0 Å². The molecule has 0 heterocycles. The first kappa shape index (κ1) is 17.7. The largest absolute Gasteiger partial charge is 0.496 e. The third-order valence-corrected chi connectivity index (χ3v) is 4.36. The van der Waals surface area contributed by atoms with E-state index in [2.05, 4.69) is 5.32 Å². The number of carbonyl (C=O) groups is 1. The van der Waals surface area contributed by atoms with Crippen LogP contribution in [0.25, 0.3) is 0 Å². The summed E-state index contributed by atoms with van der Waals surface area (Å²) in [5, 5.41) is 13.7. The first-order valence-electron chi connectivity index (χ1n) is 8.47. The van der Waals surface area contributed by atoms with Crippen molar-refractivity contribution in [2.45, 2.75) is 31.8 Å². The zero-order valence-corrected chi connectivity index (χ0v) is 14.4. The minimum absolute atomic E-state index is 0.105. The number of amides is 1. The summed E-state index contributed by atoms with van der Waals surface area (Å²) >= 11 is 0. The lowest BCUT2D eigenvalue weighted by Crippen LogP contribution is -2.14. The minimum Gasteiger partial charge on any atom is -0.496 e. The lowest BCUT2D eigenvalue weighted by Gasteiger charge is -2.14. The number of ether oxygens (including phenoxy) is 2. The van der Waals surface area contributed by atoms with Crippen LogP contribution in [0, 0.1) is 10.1 Å². The average molecular weight is 356 g/mol. The van der Waals surface area contributed by atoms with Gasteiger partial charge >= 0.3 is 0 Å². The van der Waals surface area contributed by atoms with Crippen molar-refractivity contribution >= 4 is 17.3 Å². The Morgan fingerprint density at radius 3 is 2.46 bits per heavy atom. The van der Waals surface area contributed by atoms with Gasteiger partial charge in [0.05, 0.1) is 23.7 Å². The van der Waals surface area contributed by atoms with Crippen LogP contribution >= 0.6 is 0 Å². The van der Waals surface area contributed by atoms with Gasteiger partial charge in [0.2, 0.25) is 0 Å². The molecule has 1 aliphatic carbocycles. The maximum atomic E-state index is 12.5. The second-order valence-electron chi connectivity index (χ2n) is 6.14. The monoisotopic (exact) mass is 356 g/mol. The van der Waals surface area contributed by atoms with Crippen molar-refractivity contribution in [1.82, 2.24) is 0 Å². The highest BCUT2D eigenvalue weighted by Gasteiger charge is 2.18. The summed E-state index contributed by atoms with van der Waals surface area (Å²) < 4.78 is 11.0. The van der Waals surface area contributed by atoms with Gasteiger partial charge in [0.15, 0.2) is 0 Å². The second kappa shape index (κ2) is 7.86. The van der Waals surface area contributed by atoms with Crippen molar-refractivity contribution in [3.8, 4) is 11.5 Å². The fraction of sp³-hybridized carbons (Fsp3) is 0.316. The van der Waals surface area contributed by atoms with E-state index in [1.165, 1.54) is 38.2 Å². The number of nitro groups is 1. The van der Waals surface area contributed by atoms with Crippen LogP contribution in [0.15, 0.2) is 42.5 Å². The van der Waals surface area contributed by atoms with Gasteiger partial charge in [-0.3, -0.25) is 14.9 Å². The highest BCUT2D eigenvalue weighted by molar-refractivity contribution is 6.06. The number of nitro benzene ring substituents is 1. The van der Waals surface area contributed by atoms with E-state index in [4.69, 9.17) is 9.47 Å². The first-order valence-corrected chi connectivity index (χ1v) is 8.47. The van der Waals surface area contributed by atoms with Crippen LogP contribution in [-0.4, -0.2) is 24.0 Å². The zero-order valence-electron chi connectivity index (χ0n) is 14.4. The smallest absolute Gasteiger partial charge is 0.270 e. The predicted octanol–water partition coefficient (Wildman–Crippen LogP) is 4.18. The standard InChI is InChI=1S/C19H20N2O5/c1-25-18-11-8-14(21(23)24)12-17(18)19(22)20-13-6-9-16(10-7-13)26-15-4-2-3-5-15/h6-12,15H,2-5H2,1H3,(H,20,22). The molecule has 136 valence electrons. The Bertz CT molecular complexity index is 798. The van der Waals surface area contributed by atoms with E-state index in [-0.39, 0.29) is 23.1 Å². The molecule has 7 heteroatoms. The van der Waals surface area contributed by atoms with Crippen molar-refractivity contribution in [1.29, 1.82) is 0 Å². The van der Waals surface area contributed by atoms with Crippen molar-refractivity contribution in [2.24, 2.45) is 0 Å². The van der Waals surface area contributed by atoms with Gasteiger partial charge in [-0.25, -0.2) is 0 Å². The lowest BCUT2D eigenvalue weighted by molar-refractivity contribution is -0.384. The molecule has 0 atom stereocenters. The van der Waals surface area contributed by atoms with Crippen molar-refractivity contribution in [2.75, 3.05) is 12.4 Å². The Morgan fingerprint density at radius 1 is 1.15 bits per heavy atom. The normalized spacial score (nSPS) is 14.0. The van der Waals surface area contributed by atoms with Gasteiger partial charge in [-0.2, -0.15) is 0 Å². The van der Waals surface area contributed by atoms with Crippen LogP contribution in [0.4, 0.5) is 11.4 Å². The molecule has 0 saturated heterocycles. The van der Waals surface area contributed by atoms with Crippen LogP contribution in [-0.2, 0) is 0 Å². The molecule has 0 aliphatic heterocycles. The molecule has 1 N–H and O–H groups in total. The number of carbonyl (C=O) groups excluding carboxylic acids is 1. The molecule has 2 aromatic rings. The summed E-state index contributed by atoms with van der Waals surface area (Å²) in [5.41, 5.74) is 0.506. The van der Waals surface area contributed by atoms with Crippen molar-refractivity contribution in [3.05, 3.63) is 58.1 Å². The van der Waals surface area contributed by atoms with Gasteiger partial charge in [-0.15, -0.1) is 0 Å². The predicted molar refractivity (Wildman–Crippen MR) is 96.9 cm³/mol. The Morgan fingerprint density at radius 2 is 1.85 bits per heavy atom. The average Bonchev–Trinajstić information content (AvgIpc) is 3.15. The summed E-state index contributed by atoms with van der Waals surface area (Å²) in [5.74, 6) is 0.562. The maximum Gasteiger partial charge on any atom is 0.270 e. The second-order valence-corrected chi connectivity index (χ2v) is 6.14. The number of benzene rings is 2. The third-order valence-electron chi connectivity index (χ3n) is 4.36. The highest BCUT2D eigenvalue weighted by atomic mass is 16.6. The topological polar surface area (TPSA) is 90.7 Å². The summed E-state index contributed by atoms with van der Waals surface area (Å²) in [6, 6.07) is 11.0. The number of hydrogen-bond donors (Lipinski definition) is 1. The number of rotatable bonds is 6. The SMILES string of the molecule is COc1ccc([N+](=O)[O-])cc1C(=O)Nc1ccc(OC2CCCC2)cc1. The molecule has 1 fully saturated rings. The summed E-state index contributed by atoms with van der Waals surface area (Å²) in [7, 11) is 1.41. The molecule has 0 unspecified atom stereocenters. The number of methoxy groups -OCH3 is 1. The Labute approximate surface area is 151 Å². The van der Waals surface area contributed by atoms with E-state index in [0.29, 0.717) is 5.69 Å². The fourth-order valence-electron chi connectivity index (χ4n) is 3.00. The summed E-state index contributed by atoms with van der Waals surface area (Å²) in [6.07, 6.45) is 4.81.